The lowest BCUT2D eigenvalue weighted by Gasteiger charge is -2.11. The summed E-state index contributed by atoms with van der Waals surface area (Å²) >= 11 is 7.17. The zero-order valence-electron chi connectivity index (χ0n) is 14.8. The fourth-order valence-electron chi connectivity index (χ4n) is 2.12. The van der Waals surface area contributed by atoms with Crippen molar-refractivity contribution in [2.75, 3.05) is 25.6 Å². The molecule has 0 saturated heterocycles. The maximum Gasteiger partial charge on any atom is 0.346 e. The summed E-state index contributed by atoms with van der Waals surface area (Å²) in [5, 5.41) is 4.82. The van der Waals surface area contributed by atoms with Crippen molar-refractivity contribution >= 4 is 39.2 Å². The Morgan fingerprint density at radius 1 is 1.31 bits per heavy atom. The molecule has 1 aromatic carbocycles. The van der Waals surface area contributed by atoms with Crippen molar-refractivity contribution in [3.05, 3.63) is 35.1 Å². The molecule has 0 radical (unpaired) electrons. The van der Waals surface area contributed by atoms with E-state index in [1.165, 1.54) is 27.4 Å². The molecule has 2 aromatic rings. The molecule has 0 N–H and O–H groups in total. The highest BCUT2D eigenvalue weighted by atomic mass is 35.5. The third kappa shape index (κ3) is 4.99. The number of halogens is 1. The third-order valence-electron chi connectivity index (χ3n) is 3.41. The number of thioether (sulfide) groups is 1. The van der Waals surface area contributed by atoms with Crippen LogP contribution in [0.4, 0.5) is 4.79 Å². The summed E-state index contributed by atoms with van der Waals surface area (Å²) in [6, 6.07) is 6.03. The molecule has 7 nitrogen and oxygen atoms in total. The van der Waals surface area contributed by atoms with E-state index in [1.807, 2.05) is 6.92 Å². The summed E-state index contributed by atoms with van der Waals surface area (Å²) in [6.07, 6.45) is 1.50. The van der Waals surface area contributed by atoms with Crippen LogP contribution in [-0.4, -0.2) is 59.7 Å². The maximum atomic E-state index is 12.5. The number of hydrogen-bond acceptors (Lipinski definition) is 6. The van der Waals surface area contributed by atoms with Crippen LogP contribution < -0.4 is 0 Å². The van der Waals surface area contributed by atoms with E-state index in [0.717, 1.165) is 6.42 Å². The van der Waals surface area contributed by atoms with E-state index in [0.29, 0.717) is 17.4 Å². The number of aromatic nitrogens is 3. The Labute approximate surface area is 162 Å². The van der Waals surface area contributed by atoms with Crippen LogP contribution in [0.25, 0.3) is 0 Å². The van der Waals surface area contributed by atoms with Crippen LogP contribution in [-0.2, 0) is 16.3 Å². The van der Waals surface area contributed by atoms with E-state index < -0.39 is 9.84 Å². The normalized spacial score (nSPS) is 11.5. The summed E-state index contributed by atoms with van der Waals surface area (Å²) in [6.45, 7) is 2.00. The van der Waals surface area contributed by atoms with Gasteiger partial charge in [-0.25, -0.2) is 18.2 Å². The number of aryl methyl sites for hydroxylation is 1. The van der Waals surface area contributed by atoms with E-state index in [4.69, 9.17) is 11.6 Å². The monoisotopic (exact) mass is 416 g/mol. The number of carbonyl (C=O) groups excluding carboxylic acids is 1. The summed E-state index contributed by atoms with van der Waals surface area (Å²) in [4.78, 5) is 18.1. The topological polar surface area (TPSA) is 85.2 Å². The second kappa shape index (κ2) is 8.88. The summed E-state index contributed by atoms with van der Waals surface area (Å²) < 4.78 is 26.1. The summed E-state index contributed by atoms with van der Waals surface area (Å²) in [7, 11) is -0.270. The summed E-state index contributed by atoms with van der Waals surface area (Å²) in [5.41, 5.74) is 0. The third-order valence-corrected chi connectivity index (χ3v) is 6.81. The number of nitrogens with zero attached hydrogens (tertiary/aromatic N) is 4. The van der Waals surface area contributed by atoms with Crippen LogP contribution in [0.1, 0.15) is 19.2 Å². The first kappa shape index (κ1) is 20.7. The Hall–Kier alpha value is -1.58. The van der Waals surface area contributed by atoms with E-state index in [9.17, 15) is 13.2 Å². The molecule has 0 saturated carbocycles. The molecule has 0 fully saturated rings. The molecule has 2 rings (SSSR count). The Morgan fingerprint density at radius 2 is 2.00 bits per heavy atom. The van der Waals surface area contributed by atoms with E-state index in [-0.39, 0.29) is 27.5 Å². The van der Waals surface area contributed by atoms with Crippen LogP contribution >= 0.6 is 23.4 Å². The average molecular weight is 417 g/mol. The van der Waals surface area contributed by atoms with Crippen LogP contribution in [0.15, 0.2) is 34.3 Å². The number of benzene rings is 1. The minimum atomic E-state index is -3.52. The first-order valence-electron chi connectivity index (χ1n) is 8.04. The first-order valence-corrected chi connectivity index (χ1v) is 11.1. The van der Waals surface area contributed by atoms with Gasteiger partial charge >= 0.3 is 6.03 Å². The predicted octanol–water partition coefficient (Wildman–Crippen LogP) is 2.98. The Bertz CT molecular complexity index is 881. The second-order valence-corrected chi connectivity index (χ2v) is 9.29. The Kier molecular flexibility index (Phi) is 7.08. The average Bonchev–Trinajstić information content (AvgIpc) is 2.97. The Balaban J connectivity index is 2.14. The number of sulfone groups is 1. The molecule has 0 aliphatic rings. The van der Waals surface area contributed by atoms with E-state index in [1.54, 1.807) is 32.3 Å². The van der Waals surface area contributed by atoms with Crippen LogP contribution in [0.5, 0.6) is 0 Å². The first-order chi connectivity index (χ1) is 12.3. The van der Waals surface area contributed by atoms with Crippen molar-refractivity contribution in [1.82, 2.24) is 19.7 Å². The van der Waals surface area contributed by atoms with Crippen molar-refractivity contribution in [2.24, 2.45) is 0 Å². The molecule has 0 bridgehead atoms. The smallest absolute Gasteiger partial charge is 0.329 e. The predicted molar refractivity (Wildman–Crippen MR) is 103 cm³/mol. The minimum Gasteiger partial charge on any atom is -0.329 e. The lowest BCUT2D eigenvalue weighted by Crippen LogP contribution is -2.29. The van der Waals surface area contributed by atoms with Gasteiger partial charge in [0, 0.05) is 26.3 Å². The lowest BCUT2D eigenvalue weighted by atomic mass is 10.3. The van der Waals surface area contributed by atoms with E-state index in [2.05, 4.69) is 10.1 Å². The molecule has 1 aromatic heterocycles. The molecule has 1 heterocycles. The maximum absolute atomic E-state index is 12.5. The van der Waals surface area contributed by atoms with Gasteiger partial charge in [0.05, 0.1) is 15.7 Å². The lowest BCUT2D eigenvalue weighted by molar-refractivity contribution is 0.213. The van der Waals surface area contributed by atoms with Crippen molar-refractivity contribution in [3.63, 3.8) is 0 Å². The molecule has 142 valence electrons. The van der Waals surface area contributed by atoms with Gasteiger partial charge in [0.2, 0.25) is 0 Å². The van der Waals surface area contributed by atoms with E-state index >= 15 is 0 Å². The molecule has 0 aliphatic heterocycles. The minimum absolute atomic E-state index is 0.111. The molecule has 10 heteroatoms. The number of rotatable bonds is 7. The van der Waals surface area contributed by atoms with Gasteiger partial charge in [-0.3, -0.25) is 0 Å². The summed E-state index contributed by atoms with van der Waals surface area (Å²) in [5.74, 6) is 0.686. The van der Waals surface area contributed by atoms with Gasteiger partial charge in [-0.05, 0) is 18.6 Å². The molecule has 1 amide bonds. The van der Waals surface area contributed by atoms with Gasteiger partial charge in [-0.15, -0.1) is 5.10 Å². The van der Waals surface area contributed by atoms with Crippen LogP contribution in [0.2, 0.25) is 5.02 Å². The quantitative estimate of drug-likeness (QED) is 0.645. The van der Waals surface area contributed by atoms with Crippen molar-refractivity contribution < 1.29 is 13.2 Å². The second-order valence-electron chi connectivity index (χ2n) is 5.75. The number of amides is 1. The van der Waals surface area contributed by atoms with Crippen molar-refractivity contribution in [2.45, 2.75) is 29.8 Å². The van der Waals surface area contributed by atoms with Gasteiger partial charge < -0.3 is 4.90 Å². The van der Waals surface area contributed by atoms with Crippen LogP contribution in [0, 0.1) is 0 Å². The Morgan fingerprint density at radius 3 is 2.62 bits per heavy atom. The molecule has 0 atom stereocenters. The SMILES string of the molecule is CCCc1nc(SCCS(=O)(=O)c2ccccc2Cl)n(C(=O)N(C)C)n1. The highest BCUT2D eigenvalue weighted by Crippen LogP contribution is 2.24. The highest BCUT2D eigenvalue weighted by Gasteiger charge is 2.21. The number of hydrogen-bond donors (Lipinski definition) is 0. The highest BCUT2D eigenvalue weighted by molar-refractivity contribution is 8.00. The molecular formula is C16H21ClN4O3S2. The number of carbonyl (C=O) groups is 1. The van der Waals surface area contributed by atoms with Gasteiger partial charge in [-0.2, -0.15) is 4.68 Å². The molecule has 26 heavy (non-hydrogen) atoms. The fourth-order valence-corrected chi connectivity index (χ4v) is 5.29. The molecule has 0 aliphatic carbocycles. The van der Waals surface area contributed by atoms with Gasteiger partial charge in [0.25, 0.3) is 0 Å². The molecular weight excluding hydrogens is 396 g/mol. The standard InChI is InChI=1S/C16H21ClN4O3S2/c1-4-7-14-18-15(21(19-14)16(22)20(2)3)25-10-11-26(23,24)13-9-6-5-8-12(13)17/h5-6,8-9H,4,7,10-11H2,1-3H3. The van der Waals surface area contributed by atoms with Crippen LogP contribution in [0.3, 0.4) is 0 Å². The van der Waals surface area contributed by atoms with Gasteiger partial charge in [0.1, 0.15) is 0 Å². The largest absolute Gasteiger partial charge is 0.346 e. The van der Waals surface area contributed by atoms with Crippen molar-refractivity contribution in [1.29, 1.82) is 0 Å². The van der Waals surface area contributed by atoms with Gasteiger partial charge in [0.15, 0.2) is 20.8 Å². The fraction of sp³-hybridized carbons (Fsp3) is 0.438. The zero-order valence-corrected chi connectivity index (χ0v) is 17.2. The zero-order chi connectivity index (χ0) is 19.3. The van der Waals surface area contributed by atoms with Gasteiger partial charge in [-0.1, -0.05) is 42.4 Å². The molecule has 0 spiro atoms. The molecule has 0 unspecified atom stereocenters. The van der Waals surface area contributed by atoms with Crippen molar-refractivity contribution in [3.8, 4) is 0 Å².